The minimum atomic E-state index is -0.433. The molecule has 3 rings (SSSR count). The van der Waals surface area contributed by atoms with Gasteiger partial charge in [-0.1, -0.05) is 65.0 Å². The van der Waals surface area contributed by atoms with E-state index in [1.165, 1.54) is 11.1 Å². The second kappa shape index (κ2) is 6.74. The van der Waals surface area contributed by atoms with Crippen molar-refractivity contribution in [2.24, 2.45) is 5.41 Å². The molecule has 1 aromatic heterocycles. The van der Waals surface area contributed by atoms with Crippen molar-refractivity contribution in [1.29, 1.82) is 0 Å². The molecule has 0 saturated heterocycles. The van der Waals surface area contributed by atoms with Gasteiger partial charge in [0.1, 0.15) is 11.4 Å². The van der Waals surface area contributed by atoms with Crippen LogP contribution in [0.3, 0.4) is 0 Å². The predicted octanol–water partition coefficient (Wildman–Crippen LogP) is 7.20. The van der Waals surface area contributed by atoms with Crippen LogP contribution in [0, 0.1) is 5.41 Å². The Labute approximate surface area is 164 Å². The van der Waals surface area contributed by atoms with Crippen molar-refractivity contribution in [3.05, 3.63) is 65.9 Å². The maximum absolute atomic E-state index is 6.61. The van der Waals surface area contributed by atoms with E-state index in [4.69, 9.17) is 4.74 Å². The fraction of sp³-hybridized carbons (Fsp3) is 0.440. The maximum Gasteiger partial charge on any atom is 0.130 e. The van der Waals surface area contributed by atoms with Crippen LogP contribution in [0.1, 0.15) is 66.0 Å². The maximum atomic E-state index is 6.61. The Morgan fingerprint density at radius 3 is 2.11 bits per heavy atom. The molecule has 0 aliphatic carbocycles. The summed E-state index contributed by atoms with van der Waals surface area (Å²) in [5.74, 6) is 0.919. The third-order valence-corrected chi connectivity index (χ3v) is 5.20. The standard InChI is InChI=1S/C25H33NO/c1-23(2,3)17-24(4,5)19-11-8-9-12-20(19)25(6,7)27-22-14-10-13-21-18(22)15-16-26-21/h8-16,26H,17H2,1-7H3. The molecule has 0 amide bonds. The number of benzene rings is 2. The molecule has 0 fully saturated rings. The Kier molecular flexibility index (Phi) is 4.88. The second-order valence-corrected chi connectivity index (χ2v) is 9.97. The predicted molar refractivity (Wildman–Crippen MR) is 115 cm³/mol. The number of hydrogen-bond acceptors (Lipinski definition) is 1. The number of fused-ring (bicyclic) bond motifs is 1. The molecule has 0 bridgehead atoms. The molecule has 0 saturated carbocycles. The van der Waals surface area contributed by atoms with Crippen molar-refractivity contribution in [2.45, 2.75) is 65.9 Å². The molecule has 1 N–H and O–H groups in total. The molecule has 0 spiro atoms. The molecule has 2 nitrogen and oxygen atoms in total. The summed E-state index contributed by atoms with van der Waals surface area (Å²) in [4.78, 5) is 3.27. The summed E-state index contributed by atoms with van der Waals surface area (Å²) in [6.07, 6.45) is 3.07. The second-order valence-electron chi connectivity index (χ2n) is 9.97. The number of hydrogen-bond donors (Lipinski definition) is 1. The van der Waals surface area contributed by atoms with E-state index in [2.05, 4.69) is 95.9 Å². The van der Waals surface area contributed by atoms with Gasteiger partial charge in [-0.25, -0.2) is 0 Å². The third kappa shape index (κ3) is 4.21. The summed E-state index contributed by atoms with van der Waals surface area (Å²) >= 11 is 0. The zero-order valence-electron chi connectivity index (χ0n) is 17.8. The highest BCUT2D eigenvalue weighted by atomic mass is 16.5. The summed E-state index contributed by atoms with van der Waals surface area (Å²) in [5, 5.41) is 1.12. The molecule has 3 aromatic rings. The summed E-state index contributed by atoms with van der Waals surface area (Å²) in [7, 11) is 0. The minimum absolute atomic E-state index is 0.0650. The first-order valence-corrected chi connectivity index (χ1v) is 9.85. The zero-order valence-corrected chi connectivity index (χ0v) is 17.8. The highest BCUT2D eigenvalue weighted by Crippen LogP contribution is 2.42. The van der Waals surface area contributed by atoms with Crippen LogP contribution in [0.25, 0.3) is 10.9 Å². The van der Waals surface area contributed by atoms with Gasteiger partial charge in [-0.3, -0.25) is 0 Å². The van der Waals surface area contributed by atoms with E-state index < -0.39 is 5.60 Å². The fourth-order valence-corrected chi connectivity index (χ4v) is 4.49. The van der Waals surface area contributed by atoms with Gasteiger partial charge < -0.3 is 9.72 Å². The number of ether oxygens (including phenoxy) is 1. The van der Waals surface area contributed by atoms with Gasteiger partial charge in [0, 0.05) is 17.1 Å². The highest BCUT2D eigenvalue weighted by Gasteiger charge is 2.34. The summed E-state index contributed by atoms with van der Waals surface area (Å²) in [5.41, 5.74) is 3.62. The Bertz CT molecular complexity index is 925. The van der Waals surface area contributed by atoms with Gasteiger partial charge in [-0.15, -0.1) is 0 Å². The van der Waals surface area contributed by atoms with Crippen LogP contribution < -0.4 is 4.74 Å². The van der Waals surface area contributed by atoms with Crippen LogP contribution in [0.5, 0.6) is 5.75 Å². The first-order valence-electron chi connectivity index (χ1n) is 9.85. The SMILES string of the molecule is CC(C)(C)CC(C)(C)c1ccccc1C(C)(C)Oc1cccc2[nH]ccc12. The third-order valence-electron chi connectivity index (χ3n) is 5.20. The van der Waals surface area contributed by atoms with E-state index >= 15 is 0 Å². The fourth-order valence-electron chi connectivity index (χ4n) is 4.49. The molecule has 0 radical (unpaired) electrons. The van der Waals surface area contributed by atoms with Crippen molar-refractivity contribution < 1.29 is 4.74 Å². The van der Waals surface area contributed by atoms with E-state index in [9.17, 15) is 0 Å². The number of aromatic amines is 1. The molecular formula is C25H33NO. The van der Waals surface area contributed by atoms with Gasteiger partial charge in [0.25, 0.3) is 0 Å². The normalized spacial score (nSPS) is 13.1. The molecule has 0 aliphatic rings. The summed E-state index contributed by atoms with van der Waals surface area (Å²) in [6, 6.07) is 17.0. The summed E-state index contributed by atoms with van der Waals surface area (Å²) < 4.78 is 6.61. The smallest absolute Gasteiger partial charge is 0.130 e. The van der Waals surface area contributed by atoms with Crippen molar-refractivity contribution in [1.82, 2.24) is 4.98 Å². The van der Waals surface area contributed by atoms with Crippen molar-refractivity contribution in [3.63, 3.8) is 0 Å². The van der Waals surface area contributed by atoms with Gasteiger partial charge in [-0.2, -0.15) is 0 Å². The van der Waals surface area contributed by atoms with Crippen molar-refractivity contribution in [3.8, 4) is 5.75 Å². The van der Waals surface area contributed by atoms with E-state index in [0.717, 1.165) is 23.1 Å². The van der Waals surface area contributed by atoms with E-state index in [-0.39, 0.29) is 10.8 Å². The van der Waals surface area contributed by atoms with E-state index in [0.29, 0.717) is 0 Å². The number of H-pyrrole nitrogens is 1. The quantitative estimate of drug-likeness (QED) is 0.509. The van der Waals surface area contributed by atoms with E-state index in [1.807, 2.05) is 12.3 Å². The van der Waals surface area contributed by atoms with Gasteiger partial charge in [0.15, 0.2) is 0 Å². The summed E-state index contributed by atoms with van der Waals surface area (Å²) in [6.45, 7) is 16.0. The van der Waals surface area contributed by atoms with Gasteiger partial charge in [0.2, 0.25) is 0 Å². The number of aromatic nitrogens is 1. The Balaban J connectivity index is 2.01. The zero-order chi connectivity index (χ0) is 19.9. The van der Waals surface area contributed by atoms with Crippen molar-refractivity contribution >= 4 is 10.9 Å². The Morgan fingerprint density at radius 2 is 1.44 bits per heavy atom. The lowest BCUT2D eigenvalue weighted by Gasteiger charge is -2.38. The topological polar surface area (TPSA) is 25.0 Å². The van der Waals surface area contributed by atoms with Crippen LogP contribution in [0.2, 0.25) is 0 Å². The Morgan fingerprint density at radius 1 is 0.778 bits per heavy atom. The first-order chi connectivity index (χ1) is 12.5. The van der Waals surface area contributed by atoms with E-state index in [1.54, 1.807) is 0 Å². The molecular weight excluding hydrogens is 330 g/mol. The largest absolute Gasteiger partial charge is 0.482 e. The lowest BCUT2D eigenvalue weighted by Crippen LogP contribution is -2.32. The average Bonchev–Trinajstić information content (AvgIpc) is 3.02. The van der Waals surface area contributed by atoms with Gasteiger partial charge >= 0.3 is 0 Å². The monoisotopic (exact) mass is 363 g/mol. The molecule has 1 heterocycles. The molecule has 2 heteroatoms. The first kappa shape index (κ1) is 19.5. The van der Waals surface area contributed by atoms with Crippen molar-refractivity contribution in [2.75, 3.05) is 0 Å². The molecule has 27 heavy (non-hydrogen) atoms. The van der Waals surface area contributed by atoms with Crippen LogP contribution in [-0.4, -0.2) is 4.98 Å². The van der Waals surface area contributed by atoms with Crippen LogP contribution >= 0.6 is 0 Å². The highest BCUT2D eigenvalue weighted by molar-refractivity contribution is 5.85. The molecule has 0 unspecified atom stereocenters. The molecule has 2 aromatic carbocycles. The van der Waals surface area contributed by atoms with Crippen LogP contribution in [0.15, 0.2) is 54.7 Å². The average molecular weight is 364 g/mol. The van der Waals surface area contributed by atoms with Gasteiger partial charge in [-0.05, 0) is 60.4 Å². The number of nitrogens with one attached hydrogen (secondary N) is 1. The Hall–Kier alpha value is -2.22. The molecule has 144 valence electrons. The molecule has 0 atom stereocenters. The van der Waals surface area contributed by atoms with Gasteiger partial charge in [0.05, 0.1) is 0 Å². The minimum Gasteiger partial charge on any atom is -0.482 e. The number of rotatable bonds is 5. The van der Waals surface area contributed by atoms with Crippen LogP contribution in [0.4, 0.5) is 0 Å². The lowest BCUT2D eigenvalue weighted by atomic mass is 9.69. The van der Waals surface area contributed by atoms with Crippen LogP contribution in [-0.2, 0) is 11.0 Å². The molecule has 0 aliphatic heterocycles. The lowest BCUT2D eigenvalue weighted by molar-refractivity contribution is 0.107.